The highest BCUT2D eigenvalue weighted by Gasteiger charge is 2.18. The van der Waals surface area contributed by atoms with Crippen molar-refractivity contribution in [2.45, 2.75) is 47.0 Å². The van der Waals surface area contributed by atoms with Crippen molar-refractivity contribution in [3.05, 3.63) is 116 Å². The minimum Gasteiger partial charge on any atom is -0.508 e. The molecule has 35 heavy (non-hydrogen) atoms. The Morgan fingerprint density at radius 1 is 0.543 bits per heavy atom. The molecule has 4 aromatic carbocycles. The van der Waals surface area contributed by atoms with E-state index >= 15 is 0 Å². The van der Waals surface area contributed by atoms with Crippen molar-refractivity contribution in [1.29, 1.82) is 5.72 Å². The average Bonchev–Trinajstić information content (AvgIpc) is 2.95. The van der Waals surface area contributed by atoms with Crippen LogP contribution in [0.4, 0.5) is 0 Å². The minimum atomic E-state index is 0.472. The number of hydrogen-bond donors (Lipinski definition) is 4. The van der Waals surface area contributed by atoms with Crippen molar-refractivity contribution in [3.63, 3.8) is 0 Å². The highest BCUT2D eigenvalue weighted by atomic mass is 16.3. The Labute approximate surface area is 212 Å². The summed E-state index contributed by atoms with van der Waals surface area (Å²) in [7, 11) is 0. The zero-order valence-corrected chi connectivity index (χ0v) is 20.5. The second-order valence-electron chi connectivity index (χ2n) is 9.39. The molecule has 0 bridgehead atoms. The second kappa shape index (κ2) is 9.75. The van der Waals surface area contributed by atoms with Crippen molar-refractivity contribution >= 4 is 0 Å². The summed E-state index contributed by atoms with van der Waals surface area (Å²) < 4.78 is 29.6. The van der Waals surface area contributed by atoms with Crippen molar-refractivity contribution in [2.24, 2.45) is 0 Å². The van der Waals surface area contributed by atoms with Crippen LogP contribution in [0, 0.1) is 27.7 Å². The molecule has 180 valence electrons. The van der Waals surface area contributed by atoms with Gasteiger partial charge in [-0.05, 0) is 103 Å². The van der Waals surface area contributed by atoms with E-state index in [2.05, 4.69) is 36.2 Å². The second-order valence-corrected chi connectivity index (χ2v) is 9.39. The van der Waals surface area contributed by atoms with Gasteiger partial charge in [0.15, 0.2) is 0 Å². The van der Waals surface area contributed by atoms with Crippen LogP contribution >= 0.6 is 0 Å². The Hall–Kier alpha value is -3.92. The fourth-order valence-corrected chi connectivity index (χ4v) is 4.70. The summed E-state index contributed by atoms with van der Waals surface area (Å²) >= 11 is 0. The predicted octanol–water partition coefficient (Wildman–Crippen LogP) is 6.52. The lowest BCUT2D eigenvalue weighted by molar-refractivity contribution is 0.464. The Kier molecular flexibility index (Phi) is 5.40. The standard InChI is InChI=1S/C31H32O4/c1-18-13-24(20(3)28(30(18)34)15-22-5-9-26(32)10-6-22)17-25-14-19(2)31(35)29(21(25)4)16-23-7-11-27(33)12-8-23/h5-14,32-35H,15-17H2,1-4H3/i/hD4. The topological polar surface area (TPSA) is 80.9 Å². The van der Waals surface area contributed by atoms with E-state index in [-0.39, 0.29) is 0 Å². The van der Waals surface area contributed by atoms with Crippen LogP contribution in [0.2, 0.25) is 0 Å². The Balaban J connectivity index is 1.73. The molecule has 0 aromatic heterocycles. The van der Waals surface area contributed by atoms with Gasteiger partial charge in [-0.2, -0.15) is 0 Å². The van der Waals surface area contributed by atoms with Gasteiger partial charge < -0.3 is 20.4 Å². The maximum Gasteiger partial charge on any atom is 0.293 e. The first-order chi connectivity index (χ1) is 18.8. The van der Waals surface area contributed by atoms with Gasteiger partial charge in [0, 0.05) is 24.0 Å². The van der Waals surface area contributed by atoms with Crippen LogP contribution in [-0.2, 0) is 19.3 Å². The van der Waals surface area contributed by atoms with Crippen LogP contribution in [0.1, 0.15) is 55.6 Å². The molecule has 4 rings (SSSR count). The summed E-state index contributed by atoms with van der Waals surface area (Å²) in [6.07, 6.45) is 1.84. The molecule has 0 atom stereocenters. The third kappa shape index (κ3) is 5.12. The van der Waals surface area contributed by atoms with E-state index in [0.717, 1.165) is 55.6 Å². The Bertz CT molecular complexity index is 1340. The van der Waals surface area contributed by atoms with E-state index in [1.54, 1.807) is 24.3 Å². The van der Waals surface area contributed by atoms with Crippen LogP contribution in [-0.4, -0.2) is 26.2 Å². The van der Waals surface area contributed by atoms with Crippen LogP contribution in [0.25, 0.3) is 0 Å². The number of aromatic hydroxyl groups is 4. The fourth-order valence-electron chi connectivity index (χ4n) is 4.70. The van der Waals surface area contributed by atoms with Gasteiger partial charge in [0.05, 0.1) is 0 Å². The summed E-state index contributed by atoms with van der Waals surface area (Å²) in [5.74, 6) is 2.06. The first kappa shape index (κ1) is 19.4. The van der Waals surface area contributed by atoms with Crippen LogP contribution in [0.3, 0.4) is 0 Å². The molecule has 0 aliphatic heterocycles. The molecule has 4 nitrogen and oxygen atoms in total. The predicted molar refractivity (Wildman–Crippen MR) is 140 cm³/mol. The molecule has 0 heterocycles. The smallest absolute Gasteiger partial charge is 0.293 e. The maximum absolute atomic E-state index is 7.72. The van der Waals surface area contributed by atoms with E-state index < -0.39 is 0 Å². The van der Waals surface area contributed by atoms with Gasteiger partial charge in [0.25, 0.3) is 5.72 Å². The van der Waals surface area contributed by atoms with E-state index in [4.69, 9.17) is 15.9 Å². The summed E-state index contributed by atoms with van der Waals surface area (Å²) in [6, 6.07) is 18.9. The number of aryl methyl sites for hydroxylation is 2. The number of hydrogen-bond acceptors (Lipinski definition) is 4. The average molecular weight is 473 g/mol. The SMILES string of the molecule is [2H]Oc1ccc(Cc2c(C)c(Cc3cc(C)c(O[2H])c(Cc4ccc(O[2H])cc4)c3C)cc(C)c2O[2H])cc1. The van der Waals surface area contributed by atoms with Gasteiger partial charge in [-0.15, -0.1) is 0 Å². The molecule has 4 N–H and O–H groups in total. The lowest BCUT2D eigenvalue weighted by Crippen LogP contribution is -2.04. The summed E-state index contributed by atoms with van der Waals surface area (Å²) in [6.45, 7) is 8.04. The first-order valence-electron chi connectivity index (χ1n) is 13.4. The number of phenolic OH excluding ortho intramolecular Hbond substituents is 4. The molecule has 4 heteroatoms. The van der Waals surface area contributed by atoms with Gasteiger partial charge in [0.1, 0.15) is 23.0 Å². The van der Waals surface area contributed by atoms with E-state index in [0.29, 0.717) is 42.3 Å². The minimum absolute atomic E-state index is 0.472. The van der Waals surface area contributed by atoms with Crippen LogP contribution in [0.5, 0.6) is 23.0 Å². The summed E-state index contributed by atoms with van der Waals surface area (Å²) in [5.41, 5.74) is 10.2. The van der Waals surface area contributed by atoms with E-state index in [9.17, 15) is 0 Å². The maximum atomic E-state index is 7.72. The third-order valence-corrected chi connectivity index (χ3v) is 6.90. The lowest BCUT2D eigenvalue weighted by Gasteiger charge is -2.19. The van der Waals surface area contributed by atoms with Crippen molar-refractivity contribution in [1.82, 2.24) is 0 Å². The van der Waals surface area contributed by atoms with Crippen molar-refractivity contribution in [3.8, 4) is 23.0 Å². The number of phenols is 4. The molecule has 0 spiro atoms. The summed E-state index contributed by atoms with van der Waals surface area (Å²) in [4.78, 5) is 0. The highest BCUT2D eigenvalue weighted by molar-refractivity contribution is 5.55. The van der Waals surface area contributed by atoms with Gasteiger partial charge in [-0.1, -0.05) is 36.4 Å². The molecule has 0 radical (unpaired) electrons. The molecule has 0 saturated carbocycles. The highest BCUT2D eigenvalue weighted by Crippen LogP contribution is 2.35. The van der Waals surface area contributed by atoms with E-state index in [1.165, 1.54) is 0 Å². The van der Waals surface area contributed by atoms with E-state index in [1.807, 2.05) is 38.1 Å². The molecule has 4 aromatic rings. The lowest BCUT2D eigenvalue weighted by atomic mass is 9.87. The van der Waals surface area contributed by atoms with Gasteiger partial charge in [-0.25, -0.2) is 0 Å². The van der Waals surface area contributed by atoms with Gasteiger partial charge in [0.2, 0.25) is 0 Å². The zero-order valence-electron chi connectivity index (χ0n) is 24.5. The third-order valence-electron chi connectivity index (χ3n) is 6.90. The molecule has 0 fully saturated rings. The molecular formula is C31H32O4. The molecule has 0 saturated heterocycles. The quantitative estimate of drug-likeness (QED) is 0.212. The molecular weight excluding hydrogens is 436 g/mol. The number of benzene rings is 4. The molecule has 0 unspecified atom stereocenters. The molecule has 0 aliphatic carbocycles. The normalized spacial score (nSPS) is 12.2. The molecule has 0 aliphatic rings. The van der Waals surface area contributed by atoms with Crippen molar-refractivity contribution < 1.29 is 20.4 Å². The largest absolute Gasteiger partial charge is 0.508 e. The Morgan fingerprint density at radius 3 is 1.29 bits per heavy atom. The van der Waals surface area contributed by atoms with Gasteiger partial charge >= 0.3 is 0 Å². The summed E-state index contributed by atoms with van der Waals surface area (Å²) in [5, 5.41) is 19.3. The fraction of sp³-hybridized carbons (Fsp3) is 0.226. The zero-order chi connectivity index (χ0) is 28.1. The van der Waals surface area contributed by atoms with Crippen molar-refractivity contribution in [2.75, 3.05) is 0 Å². The number of rotatable bonds is 10. The molecule has 0 amide bonds. The van der Waals surface area contributed by atoms with Crippen LogP contribution < -0.4 is 0 Å². The van der Waals surface area contributed by atoms with Gasteiger partial charge in [-0.3, -0.25) is 0 Å². The first-order valence-corrected chi connectivity index (χ1v) is 11.7. The Morgan fingerprint density at radius 2 is 0.943 bits per heavy atom. The van der Waals surface area contributed by atoms with Crippen LogP contribution in [0.15, 0.2) is 60.7 Å². The monoisotopic (exact) mass is 472 g/mol.